The summed E-state index contributed by atoms with van der Waals surface area (Å²) < 4.78 is 0. The Morgan fingerprint density at radius 2 is 2.12 bits per heavy atom. The first-order chi connectivity index (χ1) is 8.13. The van der Waals surface area contributed by atoms with Gasteiger partial charge in [0, 0.05) is 19.6 Å². The highest BCUT2D eigenvalue weighted by molar-refractivity contribution is 5.69. The largest absolute Gasteiger partial charge is 0.481 e. The predicted molar refractivity (Wildman–Crippen MR) is 68.7 cm³/mol. The number of carbonyl (C=O) groups is 1. The number of benzene rings is 1. The third-order valence-corrected chi connectivity index (χ3v) is 2.59. The van der Waals surface area contributed by atoms with Gasteiger partial charge in [-0.05, 0) is 5.56 Å². The van der Waals surface area contributed by atoms with E-state index in [1.165, 1.54) is 5.56 Å². The van der Waals surface area contributed by atoms with E-state index in [1.807, 2.05) is 30.3 Å². The van der Waals surface area contributed by atoms with Gasteiger partial charge in [-0.3, -0.25) is 9.69 Å². The Labute approximate surface area is 102 Å². The predicted octanol–water partition coefficient (Wildman–Crippen LogP) is 2.40. The molecule has 0 aliphatic carbocycles. The van der Waals surface area contributed by atoms with Crippen molar-refractivity contribution >= 4 is 5.97 Å². The Bertz CT molecular complexity index is 362. The van der Waals surface area contributed by atoms with Crippen LogP contribution in [0, 0.1) is 5.92 Å². The lowest BCUT2D eigenvalue weighted by Crippen LogP contribution is -2.31. The molecular weight excluding hydrogens is 214 g/mol. The Morgan fingerprint density at radius 3 is 2.65 bits per heavy atom. The first-order valence-corrected chi connectivity index (χ1v) is 5.73. The van der Waals surface area contributed by atoms with E-state index < -0.39 is 5.97 Å². The summed E-state index contributed by atoms with van der Waals surface area (Å²) in [5.41, 5.74) is 1.19. The van der Waals surface area contributed by atoms with Gasteiger partial charge in [0.05, 0.1) is 5.92 Å². The summed E-state index contributed by atoms with van der Waals surface area (Å²) in [6.45, 7) is 7.42. The number of rotatable bonds is 7. The van der Waals surface area contributed by atoms with Crippen molar-refractivity contribution in [2.24, 2.45) is 5.92 Å². The van der Waals surface area contributed by atoms with Gasteiger partial charge in [-0.15, -0.1) is 6.58 Å². The van der Waals surface area contributed by atoms with Crippen molar-refractivity contribution < 1.29 is 9.90 Å². The maximum atomic E-state index is 10.8. The first kappa shape index (κ1) is 13.5. The van der Waals surface area contributed by atoms with Crippen molar-refractivity contribution in [2.45, 2.75) is 13.5 Å². The highest BCUT2D eigenvalue weighted by Gasteiger charge is 2.15. The fourth-order valence-corrected chi connectivity index (χ4v) is 1.69. The van der Waals surface area contributed by atoms with Gasteiger partial charge in [0.1, 0.15) is 0 Å². The molecule has 1 unspecified atom stereocenters. The maximum Gasteiger partial charge on any atom is 0.307 e. The summed E-state index contributed by atoms with van der Waals surface area (Å²) in [5, 5.41) is 8.91. The highest BCUT2D eigenvalue weighted by Crippen LogP contribution is 2.07. The molecule has 3 nitrogen and oxygen atoms in total. The second-order valence-electron chi connectivity index (χ2n) is 4.21. The molecule has 1 rings (SSSR count). The van der Waals surface area contributed by atoms with Crippen molar-refractivity contribution in [3.05, 3.63) is 48.6 Å². The van der Waals surface area contributed by atoms with Crippen molar-refractivity contribution in [2.75, 3.05) is 13.1 Å². The molecule has 0 spiro atoms. The second-order valence-corrected chi connectivity index (χ2v) is 4.21. The molecule has 0 saturated carbocycles. The summed E-state index contributed by atoms with van der Waals surface area (Å²) in [4.78, 5) is 12.9. The molecule has 92 valence electrons. The molecule has 0 radical (unpaired) electrons. The van der Waals surface area contributed by atoms with E-state index in [-0.39, 0.29) is 5.92 Å². The Morgan fingerprint density at radius 1 is 1.47 bits per heavy atom. The molecule has 17 heavy (non-hydrogen) atoms. The van der Waals surface area contributed by atoms with Crippen LogP contribution in [0.5, 0.6) is 0 Å². The van der Waals surface area contributed by atoms with Gasteiger partial charge in [-0.25, -0.2) is 0 Å². The van der Waals surface area contributed by atoms with Crippen LogP contribution in [0.1, 0.15) is 12.5 Å². The molecule has 1 atom stereocenters. The average Bonchev–Trinajstić information content (AvgIpc) is 2.30. The van der Waals surface area contributed by atoms with Gasteiger partial charge in [0.2, 0.25) is 0 Å². The Hall–Kier alpha value is -1.61. The number of nitrogens with zero attached hydrogens (tertiary/aromatic N) is 1. The van der Waals surface area contributed by atoms with Crippen LogP contribution in [0.2, 0.25) is 0 Å². The van der Waals surface area contributed by atoms with Crippen LogP contribution in [0.25, 0.3) is 0 Å². The SMILES string of the molecule is C=CCN(Cc1ccccc1)CC(C)C(=O)O. The van der Waals surface area contributed by atoms with Gasteiger partial charge in [0.25, 0.3) is 0 Å². The van der Waals surface area contributed by atoms with Gasteiger partial charge >= 0.3 is 5.97 Å². The minimum absolute atomic E-state index is 0.362. The van der Waals surface area contributed by atoms with Crippen LogP contribution in [0.4, 0.5) is 0 Å². The van der Waals surface area contributed by atoms with Crippen molar-refractivity contribution in [1.29, 1.82) is 0 Å². The number of hydrogen-bond donors (Lipinski definition) is 1. The number of hydrogen-bond acceptors (Lipinski definition) is 2. The number of carboxylic acids is 1. The van der Waals surface area contributed by atoms with Gasteiger partial charge in [-0.1, -0.05) is 43.3 Å². The van der Waals surface area contributed by atoms with Gasteiger partial charge in [0.15, 0.2) is 0 Å². The zero-order valence-electron chi connectivity index (χ0n) is 10.2. The Balaban J connectivity index is 2.60. The van der Waals surface area contributed by atoms with E-state index in [2.05, 4.69) is 11.5 Å². The molecule has 1 N–H and O–H groups in total. The minimum atomic E-state index is -0.757. The minimum Gasteiger partial charge on any atom is -0.481 e. The lowest BCUT2D eigenvalue weighted by atomic mass is 10.1. The van der Waals surface area contributed by atoms with Crippen LogP contribution >= 0.6 is 0 Å². The monoisotopic (exact) mass is 233 g/mol. The lowest BCUT2D eigenvalue weighted by molar-refractivity contribution is -0.141. The van der Waals surface area contributed by atoms with Gasteiger partial charge < -0.3 is 5.11 Å². The van der Waals surface area contributed by atoms with E-state index in [9.17, 15) is 4.79 Å². The molecule has 1 aromatic rings. The quantitative estimate of drug-likeness (QED) is 0.735. The van der Waals surface area contributed by atoms with Crippen molar-refractivity contribution in [3.63, 3.8) is 0 Å². The topological polar surface area (TPSA) is 40.5 Å². The van der Waals surface area contributed by atoms with Gasteiger partial charge in [-0.2, -0.15) is 0 Å². The third-order valence-electron chi connectivity index (χ3n) is 2.59. The molecule has 0 aromatic heterocycles. The molecule has 0 saturated heterocycles. The third kappa shape index (κ3) is 4.83. The fraction of sp³-hybridized carbons (Fsp3) is 0.357. The molecule has 0 heterocycles. The van der Waals surface area contributed by atoms with Crippen LogP contribution in [0.3, 0.4) is 0 Å². The van der Waals surface area contributed by atoms with Crippen LogP contribution in [-0.2, 0) is 11.3 Å². The average molecular weight is 233 g/mol. The van der Waals surface area contributed by atoms with Crippen molar-refractivity contribution in [3.8, 4) is 0 Å². The highest BCUT2D eigenvalue weighted by atomic mass is 16.4. The van der Waals surface area contributed by atoms with E-state index in [4.69, 9.17) is 5.11 Å². The number of aliphatic carboxylic acids is 1. The standard InChI is InChI=1S/C14H19NO2/c1-3-9-15(10-12(2)14(16)17)11-13-7-5-4-6-8-13/h3-8,12H,1,9-11H2,2H3,(H,16,17). The summed E-state index contributed by atoms with van der Waals surface area (Å²) >= 11 is 0. The van der Waals surface area contributed by atoms with E-state index in [0.717, 1.165) is 6.54 Å². The molecule has 3 heteroatoms. The Kier molecular flexibility index (Phi) is 5.43. The normalized spacial score (nSPS) is 12.4. The lowest BCUT2D eigenvalue weighted by Gasteiger charge is -2.22. The van der Waals surface area contributed by atoms with Crippen LogP contribution in [-0.4, -0.2) is 29.1 Å². The molecule has 0 aliphatic rings. The maximum absolute atomic E-state index is 10.8. The molecule has 0 fully saturated rings. The van der Waals surface area contributed by atoms with Crippen molar-refractivity contribution in [1.82, 2.24) is 4.90 Å². The molecule has 0 bridgehead atoms. The summed E-state index contributed by atoms with van der Waals surface area (Å²) in [6, 6.07) is 10.0. The van der Waals surface area contributed by atoms with Crippen LogP contribution < -0.4 is 0 Å². The van der Waals surface area contributed by atoms with Crippen LogP contribution in [0.15, 0.2) is 43.0 Å². The first-order valence-electron chi connectivity index (χ1n) is 5.73. The zero-order valence-corrected chi connectivity index (χ0v) is 10.2. The number of carboxylic acid groups (broad SMARTS) is 1. The summed E-state index contributed by atoms with van der Waals surface area (Å²) in [5.74, 6) is -1.12. The summed E-state index contributed by atoms with van der Waals surface area (Å²) in [6.07, 6.45) is 1.80. The van der Waals surface area contributed by atoms with E-state index in [0.29, 0.717) is 13.1 Å². The fourth-order valence-electron chi connectivity index (χ4n) is 1.69. The smallest absolute Gasteiger partial charge is 0.307 e. The zero-order chi connectivity index (χ0) is 12.7. The molecule has 1 aromatic carbocycles. The molecule has 0 amide bonds. The molecule has 0 aliphatic heterocycles. The summed E-state index contributed by atoms with van der Waals surface area (Å²) in [7, 11) is 0. The van der Waals surface area contributed by atoms with E-state index >= 15 is 0 Å². The van der Waals surface area contributed by atoms with E-state index in [1.54, 1.807) is 13.0 Å². The second kappa shape index (κ2) is 6.86. The molecular formula is C14H19NO2.